The van der Waals surface area contributed by atoms with Gasteiger partial charge in [0, 0.05) is 23.5 Å². The van der Waals surface area contributed by atoms with E-state index in [2.05, 4.69) is 31.6 Å². The quantitative estimate of drug-likeness (QED) is 0.218. The third-order valence-corrected chi connectivity index (χ3v) is 7.67. The highest BCUT2D eigenvalue weighted by molar-refractivity contribution is 5.99. The molecule has 1 fully saturated rings. The number of H-pyrrole nitrogens is 1. The molecule has 1 aromatic carbocycles. The maximum Gasteiger partial charge on any atom is 0.305 e. The zero-order chi connectivity index (χ0) is 33.4. The number of aromatic nitrogens is 1. The number of hydrogen-bond acceptors (Lipinski definition) is 6. The monoisotopic (exact) mass is 626 g/mol. The second kappa shape index (κ2) is 15.5. The average Bonchev–Trinajstić information content (AvgIpc) is 3.35. The van der Waals surface area contributed by atoms with Crippen molar-refractivity contribution >= 4 is 46.4 Å². The standard InChI is InChI=1S/C32H46N6O7/c1-16(2)11-22-28(41)35-24(13-19-15-33-21-10-8-7-9-20(19)21)29(42)36-25(14-26(39)40)30(43)34-23(12-17(3)4)31(44)38-27(18(5)6)32(45)37-22/h7-10,15-18,22-25,27,33H,11-14H2,1-6H3,(H,34,43)(H,35,41)(H,36,42)(H,37,45)(H,38,44)(H,39,40)/t22-,23-,24+,25+,27+/m0/s1. The summed E-state index contributed by atoms with van der Waals surface area (Å²) in [5.74, 6) is -5.30. The molecule has 0 saturated carbocycles. The predicted molar refractivity (Wildman–Crippen MR) is 168 cm³/mol. The highest BCUT2D eigenvalue weighted by atomic mass is 16.4. The van der Waals surface area contributed by atoms with Crippen LogP contribution in [0.5, 0.6) is 0 Å². The maximum atomic E-state index is 13.8. The van der Waals surface area contributed by atoms with Crippen molar-refractivity contribution in [1.29, 1.82) is 0 Å². The summed E-state index contributed by atoms with van der Waals surface area (Å²) in [5.41, 5.74) is 1.52. The van der Waals surface area contributed by atoms with Gasteiger partial charge in [0.15, 0.2) is 0 Å². The van der Waals surface area contributed by atoms with Crippen molar-refractivity contribution in [3.63, 3.8) is 0 Å². The summed E-state index contributed by atoms with van der Waals surface area (Å²) >= 11 is 0. The number of fused-ring (bicyclic) bond motifs is 1. The number of rotatable bonds is 9. The Labute approximate surface area is 263 Å². The van der Waals surface area contributed by atoms with Gasteiger partial charge in [0.05, 0.1) is 6.42 Å². The van der Waals surface area contributed by atoms with E-state index in [0.29, 0.717) is 5.56 Å². The van der Waals surface area contributed by atoms with Gasteiger partial charge in [0.1, 0.15) is 30.2 Å². The van der Waals surface area contributed by atoms with E-state index < -0.39 is 72.1 Å². The summed E-state index contributed by atoms with van der Waals surface area (Å²) in [4.78, 5) is 82.9. The highest BCUT2D eigenvalue weighted by Gasteiger charge is 2.36. The van der Waals surface area contributed by atoms with E-state index in [1.165, 1.54) is 0 Å². The van der Waals surface area contributed by atoms with E-state index in [1.807, 2.05) is 52.0 Å². The minimum atomic E-state index is -1.54. The Kier molecular flexibility index (Phi) is 12.1. The van der Waals surface area contributed by atoms with E-state index in [9.17, 15) is 33.9 Å². The molecule has 13 nitrogen and oxygen atoms in total. The van der Waals surface area contributed by atoms with Gasteiger partial charge in [-0.1, -0.05) is 59.7 Å². The first-order chi connectivity index (χ1) is 21.2. The van der Waals surface area contributed by atoms with Gasteiger partial charge in [-0.15, -0.1) is 0 Å². The van der Waals surface area contributed by atoms with Crippen LogP contribution in [0.15, 0.2) is 30.5 Å². The molecule has 13 heteroatoms. The lowest BCUT2D eigenvalue weighted by Gasteiger charge is -2.28. The Morgan fingerprint density at radius 1 is 0.689 bits per heavy atom. The zero-order valence-corrected chi connectivity index (χ0v) is 26.7. The van der Waals surface area contributed by atoms with Crippen LogP contribution in [-0.4, -0.2) is 75.8 Å². The van der Waals surface area contributed by atoms with E-state index in [4.69, 9.17) is 0 Å². The van der Waals surface area contributed by atoms with E-state index in [-0.39, 0.29) is 37.0 Å². The summed E-state index contributed by atoms with van der Waals surface area (Å²) in [5, 5.41) is 23.7. The van der Waals surface area contributed by atoms with Gasteiger partial charge >= 0.3 is 5.97 Å². The van der Waals surface area contributed by atoms with E-state index >= 15 is 0 Å². The van der Waals surface area contributed by atoms with E-state index in [0.717, 1.165) is 10.9 Å². The molecule has 3 rings (SSSR count). The molecule has 7 N–H and O–H groups in total. The fourth-order valence-electron chi connectivity index (χ4n) is 5.39. The number of amides is 5. The van der Waals surface area contributed by atoms with Crippen LogP contribution >= 0.6 is 0 Å². The van der Waals surface area contributed by atoms with Crippen LogP contribution in [0.3, 0.4) is 0 Å². The molecule has 1 aliphatic rings. The molecule has 5 amide bonds. The fourth-order valence-corrected chi connectivity index (χ4v) is 5.39. The highest BCUT2D eigenvalue weighted by Crippen LogP contribution is 2.20. The Hall–Kier alpha value is -4.42. The van der Waals surface area contributed by atoms with Crippen LogP contribution in [0, 0.1) is 17.8 Å². The first-order valence-electron chi connectivity index (χ1n) is 15.4. The molecular weight excluding hydrogens is 580 g/mol. The van der Waals surface area contributed by atoms with Crippen molar-refractivity contribution in [2.45, 2.75) is 97.4 Å². The molecule has 45 heavy (non-hydrogen) atoms. The lowest BCUT2D eigenvalue weighted by Crippen LogP contribution is -2.59. The van der Waals surface area contributed by atoms with Gasteiger partial charge in [-0.2, -0.15) is 0 Å². The summed E-state index contributed by atoms with van der Waals surface area (Å²) in [6.07, 6.45) is 1.41. The Morgan fingerprint density at radius 2 is 1.18 bits per heavy atom. The van der Waals surface area contributed by atoms with Crippen molar-refractivity contribution in [1.82, 2.24) is 31.6 Å². The van der Waals surface area contributed by atoms with Gasteiger partial charge in [-0.05, 0) is 42.2 Å². The molecule has 1 aromatic heterocycles. The molecule has 5 atom stereocenters. The number of carboxylic acids is 1. The number of hydrogen-bond donors (Lipinski definition) is 7. The van der Waals surface area contributed by atoms with Crippen molar-refractivity contribution in [3.8, 4) is 0 Å². The molecule has 0 spiro atoms. The normalized spacial score (nSPS) is 24.0. The number of nitrogens with one attached hydrogen (secondary N) is 6. The molecule has 1 aliphatic heterocycles. The largest absolute Gasteiger partial charge is 0.481 e. The summed E-state index contributed by atoms with van der Waals surface area (Å²) in [7, 11) is 0. The lowest BCUT2D eigenvalue weighted by molar-refractivity contribution is -0.141. The maximum absolute atomic E-state index is 13.8. The zero-order valence-electron chi connectivity index (χ0n) is 26.7. The molecule has 246 valence electrons. The van der Waals surface area contributed by atoms with Crippen LogP contribution < -0.4 is 26.6 Å². The average molecular weight is 627 g/mol. The lowest BCUT2D eigenvalue weighted by atomic mass is 9.98. The molecule has 0 aliphatic carbocycles. The summed E-state index contributed by atoms with van der Waals surface area (Å²) in [6.45, 7) is 11.0. The molecule has 1 saturated heterocycles. The number of aliphatic carboxylic acids is 1. The summed E-state index contributed by atoms with van der Waals surface area (Å²) < 4.78 is 0. The van der Waals surface area contributed by atoms with Crippen LogP contribution in [0.2, 0.25) is 0 Å². The van der Waals surface area contributed by atoms with Gasteiger partial charge in [0.25, 0.3) is 0 Å². The molecule has 0 radical (unpaired) electrons. The Bertz CT molecular complexity index is 1400. The number of carbonyl (C=O) groups is 6. The number of para-hydroxylation sites is 1. The third kappa shape index (κ3) is 9.79. The van der Waals surface area contributed by atoms with Gasteiger partial charge in [0.2, 0.25) is 29.5 Å². The number of carbonyl (C=O) groups excluding carboxylic acids is 5. The predicted octanol–water partition coefficient (Wildman–Crippen LogP) is 1.37. The van der Waals surface area contributed by atoms with Crippen LogP contribution in [0.25, 0.3) is 10.9 Å². The SMILES string of the molecule is CC(C)C[C@@H]1NC(=O)[C@@H](CC(=O)O)NC(=O)[C@@H](Cc2c[nH]c3ccccc23)NC(=O)[C@H](CC(C)C)NC(=O)[C@@H](C(C)C)NC1=O. The third-order valence-electron chi connectivity index (χ3n) is 7.67. The summed E-state index contributed by atoms with van der Waals surface area (Å²) in [6, 6.07) is 1.45. The Morgan fingerprint density at radius 3 is 1.76 bits per heavy atom. The van der Waals surface area contributed by atoms with Crippen LogP contribution in [-0.2, 0) is 35.2 Å². The second-order valence-electron chi connectivity index (χ2n) is 12.9. The van der Waals surface area contributed by atoms with Crippen molar-refractivity contribution in [2.75, 3.05) is 0 Å². The number of benzene rings is 1. The van der Waals surface area contributed by atoms with Gasteiger partial charge in [-0.3, -0.25) is 28.8 Å². The fraction of sp³-hybridized carbons (Fsp3) is 0.562. The van der Waals surface area contributed by atoms with Gasteiger partial charge < -0.3 is 36.7 Å². The minimum absolute atomic E-state index is 0.00990. The molecule has 2 heterocycles. The molecular formula is C32H46N6O7. The molecule has 0 bridgehead atoms. The van der Waals surface area contributed by atoms with Gasteiger partial charge in [-0.25, -0.2) is 0 Å². The van der Waals surface area contributed by atoms with Crippen LogP contribution in [0.4, 0.5) is 0 Å². The topological polar surface area (TPSA) is 199 Å². The van der Waals surface area contributed by atoms with Crippen molar-refractivity contribution in [3.05, 3.63) is 36.0 Å². The second-order valence-corrected chi connectivity index (χ2v) is 12.9. The van der Waals surface area contributed by atoms with Crippen molar-refractivity contribution < 1.29 is 33.9 Å². The Balaban J connectivity index is 2.09. The molecule has 2 aromatic rings. The number of aromatic amines is 1. The number of carboxylic acid groups (broad SMARTS) is 1. The first-order valence-corrected chi connectivity index (χ1v) is 15.4. The van der Waals surface area contributed by atoms with Crippen molar-refractivity contribution in [2.24, 2.45) is 17.8 Å². The first kappa shape index (κ1) is 35.1. The minimum Gasteiger partial charge on any atom is -0.481 e. The smallest absolute Gasteiger partial charge is 0.305 e. The van der Waals surface area contributed by atoms with E-state index in [1.54, 1.807) is 20.0 Å². The molecule has 0 unspecified atom stereocenters. The van der Waals surface area contributed by atoms with Crippen LogP contribution in [0.1, 0.15) is 66.4 Å².